The number of aryl methyl sites for hydroxylation is 1. The fourth-order valence-electron chi connectivity index (χ4n) is 3.29. The summed E-state index contributed by atoms with van der Waals surface area (Å²) in [5, 5.41) is 4.04. The van der Waals surface area contributed by atoms with Crippen LogP contribution in [0.5, 0.6) is 0 Å². The van der Waals surface area contributed by atoms with Crippen molar-refractivity contribution in [3.8, 4) is 11.1 Å². The predicted molar refractivity (Wildman–Crippen MR) is 125 cm³/mol. The number of imidazole rings is 1. The van der Waals surface area contributed by atoms with Crippen LogP contribution in [0.4, 0.5) is 4.39 Å². The van der Waals surface area contributed by atoms with Crippen molar-refractivity contribution in [1.82, 2.24) is 18.8 Å². The molecule has 9 nitrogen and oxygen atoms in total. The average Bonchev–Trinajstić information content (AvgIpc) is 3.19. The summed E-state index contributed by atoms with van der Waals surface area (Å²) in [4.78, 5) is 7.65. The molecule has 0 aliphatic carbocycles. The van der Waals surface area contributed by atoms with E-state index in [1.165, 1.54) is 37.8 Å². The molecule has 0 aliphatic heterocycles. The maximum atomic E-state index is 14.1. The molecule has 12 heteroatoms. The molecule has 0 atom stereocenters. The molecule has 4 aromatic rings. The van der Waals surface area contributed by atoms with Crippen molar-refractivity contribution in [1.29, 1.82) is 0 Å². The molecule has 0 radical (unpaired) electrons. The molecule has 0 fully saturated rings. The van der Waals surface area contributed by atoms with Crippen LogP contribution in [0.25, 0.3) is 16.8 Å². The lowest BCUT2D eigenvalue weighted by atomic mass is 10.1. The van der Waals surface area contributed by atoms with Crippen molar-refractivity contribution in [2.45, 2.75) is 16.7 Å². The summed E-state index contributed by atoms with van der Waals surface area (Å²) in [7, 11) is -6.48. The first-order valence-electron chi connectivity index (χ1n) is 9.90. The first kappa shape index (κ1) is 23.5. The normalized spacial score (nSPS) is 12.5. The van der Waals surface area contributed by atoms with Gasteiger partial charge in [-0.2, -0.15) is 22.3 Å². The summed E-state index contributed by atoms with van der Waals surface area (Å²) in [5.41, 5.74) is 2.25. The maximum Gasteiger partial charge on any atom is 0.279 e. The third kappa shape index (κ3) is 4.41. The topological polar surface area (TPSA) is 114 Å². The second-order valence-corrected chi connectivity index (χ2v) is 11.5. The summed E-state index contributed by atoms with van der Waals surface area (Å²) in [6, 6.07) is 10.5. The van der Waals surface area contributed by atoms with Gasteiger partial charge in [0.1, 0.15) is 5.65 Å². The van der Waals surface area contributed by atoms with Crippen LogP contribution >= 0.6 is 0 Å². The smallest absolute Gasteiger partial charge is 0.279 e. The van der Waals surface area contributed by atoms with Gasteiger partial charge < -0.3 is 0 Å². The molecule has 0 unspecified atom stereocenters. The number of sulfonamides is 1. The molecule has 0 bridgehead atoms. The summed E-state index contributed by atoms with van der Waals surface area (Å²) < 4.78 is 66.4. The van der Waals surface area contributed by atoms with Gasteiger partial charge in [0.25, 0.3) is 10.0 Å². The van der Waals surface area contributed by atoms with Gasteiger partial charge in [-0.3, -0.25) is 4.40 Å². The van der Waals surface area contributed by atoms with Gasteiger partial charge in [0.2, 0.25) is 5.95 Å². The van der Waals surface area contributed by atoms with Gasteiger partial charge in [-0.05, 0) is 48.9 Å². The second kappa shape index (κ2) is 8.61. The Morgan fingerprint density at radius 1 is 1.09 bits per heavy atom. The summed E-state index contributed by atoms with van der Waals surface area (Å²) in [6.45, 7) is 1.57. The van der Waals surface area contributed by atoms with Crippen LogP contribution in [0, 0.1) is 12.9 Å². The van der Waals surface area contributed by atoms with Gasteiger partial charge in [-0.1, -0.05) is 6.07 Å². The van der Waals surface area contributed by atoms with Gasteiger partial charge in [-0.25, -0.2) is 18.4 Å². The van der Waals surface area contributed by atoms with Crippen molar-refractivity contribution in [3.63, 3.8) is 0 Å². The molecule has 4 rings (SSSR count). The Balaban J connectivity index is 1.69. The Hall–Kier alpha value is -3.64. The molecule has 0 amide bonds. The van der Waals surface area contributed by atoms with Gasteiger partial charge in [0, 0.05) is 36.8 Å². The number of hydrogen-bond acceptors (Lipinski definition) is 7. The van der Waals surface area contributed by atoms with Crippen LogP contribution in [0.3, 0.4) is 0 Å². The van der Waals surface area contributed by atoms with Crippen LogP contribution in [-0.4, -0.2) is 55.1 Å². The van der Waals surface area contributed by atoms with Crippen molar-refractivity contribution >= 4 is 31.7 Å². The molecule has 0 N–H and O–H groups in total. The monoisotopic (exact) mass is 501 g/mol. The number of pyridine rings is 2. The van der Waals surface area contributed by atoms with Crippen LogP contribution in [0.1, 0.15) is 11.3 Å². The lowest BCUT2D eigenvalue weighted by Gasteiger charge is -2.16. The van der Waals surface area contributed by atoms with Crippen LogP contribution in [0.2, 0.25) is 0 Å². The zero-order chi connectivity index (χ0) is 24.7. The fraction of sp³-hybridized carbons (Fsp3) is 0.136. The number of hydrogen-bond donors (Lipinski definition) is 0. The maximum absolute atomic E-state index is 14.1. The molecule has 3 heterocycles. The predicted octanol–water partition coefficient (Wildman–Crippen LogP) is 2.90. The molecule has 34 heavy (non-hydrogen) atoms. The molecule has 176 valence electrons. The number of aromatic nitrogens is 3. The minimum absolute atomic E-state index is 0.106. The average molecular weight is 502 g/mol. The van der Waals surface area contributed by atoms with Crippen molar-refractivity contribution in [2.24, 2.45) is 5.10 Å². The lowest BCUT2D eigenvalue weighted by Crippen LogP contribution is -2.23. The highest BCUT2D eigenvalue weighted by molar-refractivity contribution is 7.91. The third-order valence-electron chi connectivity index (χ3n) is 5.17. The van der Waals surface area contributed by atoms with E-state index in [-0.39, 0.29) is 9.79 Å². The van der Waals surface area contributed by atoms with Gasteiger partial charge in [-0.15, -0.1) is 0 Å². The van der Waals surface area contributed by atoms with E-state index in [1.54, 1.807) is 41.8 Å². The van der Waals surface area contributed by atoms with Crippen LogP contribution in [0.15, 0.2) is 75.9 Å². The Morgan fingerprint density at radius 3 is 2.56 bits per heavy atom. The van der Waals surface area contributed by atoms with E-state index in [2.05, 4.69) is 15.1 Å². The van der Waals surface area contributed by atoms with Crippen molar-refractivity contribution < 1.29 is 21.2 Å². The van der Waals surface area contributed by atoms with Gasteiger partial charge in [0.05, 0.1) is 27.9 Å². The first-order valence-corrected chi connectivity index (χ1v) is 13.2. The van der Waals surface area contributed by atoms with E-state index >= 15 is 0 Å². The van der Waals surface area contributed by atoms with Crippen molar-refractivity contribution in [2.75, 3.05) is 13.3 Å². The minimum atomic E-state index is -4.13. The zero-order valence-electron chi connectivity index (χ0n) is 18.4. The van der Waals surface area contributed by atoms with Gasteiger partial charge in [0.15, 0.2) is 9.84 Å². The highest BCUT2D eigenvalue weighted by atomic mass is 32.2. The summed E-state index contributed by atoms with van der Waals surface area (Å²) >= 11 is 0. The van der Waals surface area contributed by atoms with E-state index in [1.807, 2.05) is 0 Å². The molecule has 3 aromatic heterocycles. The van der Waals surface area contributed by atoms with Crippen LogP contribution < -0.4 is 0 Å². The van der Waals surface area contributed by atoms with Crippen molar-refractivity contribution in [3.05, 3.63) is 78.3 Å². The first-order chi connectivity index (χ1) is 16.0. The highest BCUT2D eigenvalue weighted by Crippen LogP contribution is 2.24. The van der Waals surface area contributed by atoms with E-state index in [9.17, 15) is 21.2 Å². The van der Waals surface area contributed by atoms with E-state index in [4.69, 9.17) is 0 Å². The third-order valence-corrected chi connectivity index (χ3v) is 8.07. The Labute approximate surface area is 196 Å². The minimum Gasteiger partial charge on any atom is -0.298 e. The summed E-state index contributed by atoms with van der Waals surface area (Å²) in [6.07, 6.45) is 6.81. The Kier molecular flexibility index (Phi) is 5.96. The SMILES string of the molecule is Cc1ccc(S(C)(=O)=O)cc1S(=O)(=O)N(C)N=Cc1cnc2ccc(-c3cccnc3F)cn12. The molecule has 0 spiro atoms. The molecular weight excluding hydrogens is 481 g/mol. The Bertz CT molecular complexity index is 1650. The molecular formula is C22H20FN5O4S2. The molecule has 1 aromatic carbocycles. The number of rotatable bonds is 6. The standard InChI is InChI=1S/C22H20FN5O4S2/c1-15-6-8-18(33(3,29)30)11-20(15)34(31,32)27(2)26-13-17-12-25-21-9-7-16(14-28(17)21)19-5-4-10-24-22(19)23/h4-14H,1-3H3. The highest BCUT2D eigenvalue weighted by Gasteiger charge is 2.24. The quantitative estimate of drug-likeness (QED) is 0.228. The lowest BCUT2D eigenvalue weighted by molar-refractivity contribution is 0.490. The largest absolute Gasteiger partial charge is 0.298 e. The number of halogens is 1. The van der Waals surface area contributed by atoms with Crippen LogP contribution in [-0.2, 0) is 19.9 Å². The number of benzene rings is 1. The van der Waals surface area contributed by atoms with E-state index in [0.717, 1.165) is 16.7 Å². The van der Waals surface area contributed by atoms with E-state index < -0.39 is 25.8 Å². The number of sulfone groups is 1. The Morgan fingerprint density at radius 2 is 1.85 bits per heavy atom. The number of hydrazone groups is 1. The van der Waals surface area contributed by atoms with Gasteiger partial charge >= 0.3 is 0 Å². The molecule has 0 saturated carbocycles. The molecule has 0 aliphatic rings. The fourth-order valence-corrected chi connectivity index (χ4v) is 5.22. The number of fused-ring (bicyclic) bond motifs is 1. The number of nitrogens with zero attached hydrogens (tertiary/aromatic N) is 5. The summed E-state index contributed by atoms with van der Waals surface area (Å²) in [5.74, 6) is -0.616. The molecule has 0 saturated heterocycles. The zero-order valence-corrected chi connectivity index (χ0v) is 20.0. The second-order valence-electron chi connectivity index (χ2n) is 7.55. The van der Waals surface area contributed by atoms with E-state index in [0.29, 0.717) is 28.0 Å².